The van der Waals surface area contributed by atoms with Crippen LogP contribution in [0, 0.1) is 10.1 Å². The fourth-order valence-corrected chi connectivity index (χ4v) is 4.17. The number of likely N-dealkylation sites (N-methyl/N-ethyl adjacent to an activating group) is 1. The summed E-state index contributed by atoms with van der Waals surface area (Å²) in [6.45, 7) is 1.45. The second-order valence-electron chi connectivity index (χ2n) is 6.65. The lowest BCUT2D eigenvalue weighted by Crippen LogP contribution is -2.31. The number of fused-ring (bicyclic) bond motifs is 1. The molecule has 1 aromatic carbocycles. The van der Waals surface area contributed by atoms with E-state index in [0.29, 0.717) is 12.3 Å². The number of hydrogen-bond donors (Lipinski definition) is 0. The fraction of sp³-hybridized carbons (Fsp3) is 0.444. The van der Waals surface area contributed by atoms with E-state index in [1.807, 2.05) is 20.2 Å². The predicted octanol–water partition coefficient (Wildman–Crippen LogP) is 2.49. The number of benzene rings is 1. The second-order valence-corrected chi connectivity index (χ2v) is 7.61. The summed E-state index contributed by atoms with van der Waals surface area (Å²) < 4.78 is 1.81. The summed E-state index contributed by atoms with van der Waals surface area (Å²) in [5.41, 5.74) is 3.01. The second kappa shape index (κ2) is 8.01. The van der Waals surface area contributed by atoms with Gasteiger partial charge in [-0.2, -0.15) is 4.98 Å². The minimum Gasteiger partial charge on any atom is -0.308 e. The largest absolute Gasteiger partial charge is 0.348 e. The molecular formula is C18H22N4O3S. The molecule has 138 valence electrons. The van der Waals surface area contributed by atoms with Gasteiger partial charge in [0.2, 0.25) is 0 Å². The Hall–Kier alpha value is -2.19. The highest BCUT2D eigenvalue weighted by Gasteiger charge is 2.22. The highest BCUT2D eigenvalue weighted by Crippen LogP contribution is 2.31. The van der Waals surface area contributed by atoms with Gasteiger partial charge in [0, 0.05) is 42.2 Å². The molecule has 0 spiro atoms. The van der Waals surface area contributed by atoms with Crippen LogP contribution in [0.15, 0.2) is 34.1 Å². The van der Waals surface area contributed by atoms with E-state index in [1.54, 1.807) is 16.7 Å². The van der Waals surface area contributed by atoms with Gasteiger partial charge in [-0.05, 0) is 38.9 Å². The molecule has 0 unspecified atom stereocenters. The number of aromatic nitrogens is 2. The molecule has 3 rings (SSSR count). The molecule has 1 aromatic heterocycles. The van der Waals surface area contributed by atoms with Crippen LogP contribution in [0.5, 0.6) is 0 Å². The van der Waals surface area contributed by atoms with E-state index in [-0.39, 0.29) is 11.4 Å². The van der Waals surface area contributed by atoms with Gasteiger partial charge in [0.1, 0.15) is 5.03 Å². The molecule has 0 amide bonds. The van der Waals surface area contributed by atoms with Gasteiger partial charge in [0.05, 0.1) is 4.92 Å². The zero-order valence-electron chi connectivity index (χ0n) is 15.0. The Labute approximate surface area is 156 Å². The third-order valence-electron chi connectivity index (χ3n) is 4.47. The Kier molecular flexibility index (Phi) is 5.73. The molecule has 0 radical (unpaired) electrons. The van der Waals surface area contributed by atoms with Crippen molar-refractivity contribution in [3.63, 3.8) is 0 Å². The van der Waals surface area contributed by atoms with Crippen molar-refractivity contribution < 1.29 is 4.92 Å². The summed E-state index contributed by atoms with van der Waals surface area (Å²) in [4.78, 5) is 29.4. The summed E-state index contributed by atoms with van der Waals surface area (Å²) in [5.74, 6) is 0.558. The number of thioether (sulfide) groups is 1. The molecule has 1 aliphatic rings. The smallest absolute Gasteiger partial charge is 0.308 e. The van der Waals surface area contributed by atoms with E-state index in [9.17, 15) is 14.9 Å². The van der Waals surface area contributed by atoms with Gasteiger partial charge >= 0.3 is 5.69 Å². The van der Waals surface area contributed by atoms with Crippen LogP contribution < -0.4 is 5.69 Å². The van der Waals surface area contributed by atoms with E-state index >= 15 is 0 Å². The molecule has 0 fully saturated rings. The summed E-state index contributed by atoms with van der Waals surface area (Å²) in [5, 5.41) is 11.7. The number of rotatable bonds is 7. The van der Waals surface area contributed by atoms with Gasteiger partial charge in [-0.3, -0.25) is 14.7 Å². The number of nitro benzene ring substituents is 1. The van der Waals surface area contributed by atoms with Crippen molar-refractivity contribution in [1.82, 2.24) is 14.5 Å². The van der Waals surface area contributed by atoms with Crippen LogP contribution in [0.2, 0.25) is 0 Å². The summed E-state index contributed by atoms with van der Waals surface area (Å²) in [6, 6.07) is 6.60. The van der Waals surface area contributed by atoms with Crippen LogP contribution in [0.25, 0.3) is 0 Å². The van der Waals surface area contributed by atoms with Gasteiger partial charge in [-0.25, -0.2) is 4.79 Å². The molecule has 8 heteroatoms. The van der Waals surface area contributed by atoms with E-state index in [1.165, 1.54) is 23.4 Å². The zero-order valence-corrected chi connectivity index (χ0v) is 15.8. The quantitative estimate of drug-likeness (QED) is 0.321. The first-order valence-corrected chi connectivity index (χ1v) is 9.57. The summed E-state index contributed by atoms with van der Waals surface area (Å²) >= 11 is 1.49. The van der Waals surface area contributed by atoms with Crippen molar-refractivity contribution >= 4 is 17.4 Å². The third-order valence-corrected chi connectivity index (χ3v) is 5.56. The molecular weight excluding hydrogens is 352 g/mol. The monoisotopic (exact) mass is 374 g/mol. The first-order chi connectivity index (χ1) is 12.5. The minimum atomic E-state index is -0.393. The van der Waals surface area contributed by atoms with E-state index in [2.05, 4.69) is 9.88 Å². The Morgan fingerprint density at radius 2 is 2.15 bits per heavy atom. The molecule has 0 atom stereocenters. The lowest BCUT2D eigenvalue weighted by molar-refractivity contribution is -0.384. The zero-order chi connectivity index (χ0) is 18.7. The number of nitro groups is 1. The number of hydrogen-bond acceptors (Lipinski definition) is 6. The molecule has 0 saturated carbocycles. The van der Waals surface area contributed by atoms with Crippen LogP contribution in [0.1, 0.15) is 23.2 Å². The van der Waals surface area contributed by atoms with Gasteiger partial charge in [0.15, 0.2) is 0 Å². The maximum atomic E-state index is 12.5. The molecule has 0 N–H and O–H groups in total. The molecule has 1 heterocycles. The summed E-state index contributed by atoms with van der Waals surface area (Å²) in [7, 11) is 3.98. The molecule has 0 saturated heterocycles. The standard InChI is InChI=1S/C18H22N4O3S/c1-20(2)9-10-21-16-8-4-7-15(16)17(19-18(21)23)26-12-13-5-3-6-14(11-13)22(24)25/h3,5-6,11H,4,7-10,12H2,1-2H3. The van der Waals surface area contributed by atoms with Crippen molar-refractivity contribution in [1.29, 1.82) is 0 Å². The molecule has 1 aliphatic carbocycles. The molecule has 7 nitrogen and oxygen atoms in total. The fourth-order valence-electron chi connectivity index (χ4n) is 3.15. The van der Waals surface area contributed by atoms with Gasteiger partial charge in [0.25, 0.3) is 5.69 Å². The summed E-state index contributed by atoms with van der Waals surface area (Å²) in [6.07, 6.45) is 2.87. The SMILES string of the molecule is CN(C)CCn1c2c(c(SCc3cccc([N+](=O)[O-])c3)nc1=O)CCC2. The maximum absolute atomic E-state index is 12.5. The lowest BCUT2D eigenvalue weighted by Gasteiger charge is -2.16. The Morgan fingerprint density at radius 3 is 2.88 bits per heavy atom. The van der Waals surface area contributed by atoms with E-state index in [4.69, 9.17) is 0 Å². The first kappa shape index (κ1) is 18.6. The van der Waals surface area contributed by atoms with Crippen LogP contribution in [-0.4, -0.2) is 40.0 Å². The highest BCUT2D eigenvalue weighted by molar-refractivity contribution is 7.98. The Bertz CT molecular complexity index is 879. The molecule has 2 aromatic rings. The highest BCUT2D eigenvalue weighted by atomic mass is 32.2. The van der Waals surface area contributed by atoms with Crippen LogP contribution in [-0.2, 0) is 25.1 Å². The van der Waals surface area contributed by atoms with Gasteiger partial charge in [-0.1, -0.05) is 12.1 Å². The Morgan fingerprint density at radius 1 is 1.35 bits per heavy atom. The third kappa shape index (κ3) is 4.13. The maximum Gasteiger partial charge on any atom is 0.348 e. The van der Waals surface area contributed by atoms with Crippen LogP contribution >= 0.6 is 11.8 Å². The molecule has 0 aliphatic heterocycles. The first-order valence-electron chi connectivity index (χ1n) is 8.59. The molecule has 0 bridgehead atoms. The minimum absolute atomic E-state index is 0.0837. The van der Waals surface area contributed by atoms with E-state index in [0.717, 1.165) is 42.1 Å². The van der Waals surface area contributed by atoms with E-state index < -0.39 is 4.92 Å². The number of nitrogens with zero attached hydrogens (tertiary/aromatic N) is 4. The normalized spacial score (nSPS) is 13.2. The van der Waals surface area contributed by atoms with Crippen LogP contribution in [0.4, 0.5) is 5.69 Å². The average Bonchev–Trinajstić information content (AvgIpc) is 3.08. The van der Waals surface area contributed by atoms with Gasteiger partial charge in [-0.15, -0.1) is 11.8 Å². The van der Waals surface area contributed by atoms with Crippen LogP contribution in [0.3, 0.4) is 0 Å². The van der Waals surface area contributed by atoms with Crippen molar-refractivity contribution in [3.8, 4) is 0 Å². The van der Waals surface area contributed by atoms with Crippen molar-refractivity contribution in [2.75, 3.05) is 20.6 Å². The Balaban J connectivity index is 1.82. The number of non-ortho nitro benzene ring substituents is 1. The van der Waals surface area contributed by atoms with Crippen molar-refractivity contribution in [2.45, 2.75) is 36.6 Å². The lowest BCUT2D eigenvalue weighted by atomic mass is 10.2. The average molecular weight is 374 g/mol. The molecule has 26 heavy (non-hydrogen) atoms. The van der Waals surface area contributed by atoms with Gasteiger partial charge < -0.3 is 4.90 Å². The van der Waals surface area contributed by atoms with Crippen molar-refractivity contribution in [3.05, 3.63) is 61.7 Å². The predicted molar refractivity (Wildman–Crippen MR) is 102 cm³/mol. The van der Waals surface area contributed by atoms with Crippen molar-refractivity contribution in [2.24, 2.45) is 0 Å². The topological polar surface area (TPSA) is 81.3 Å².